The summed E-state index contributed by atoms with van der Waals surface area (Å²) in [5.74, 6) is -1.73. The lowest BCUT2D eigenvalue weighted by molar-refractivity contribution is 0.0766. The second-order valence-corrected chi connectivity index (χ2v) is 8.72. The fourth-order valence-corrected chi connectivity index (χ4v) is 4.94. The quantitative estimate of drug-likeness (QED) is 0.805. The second kappa shape index (κ2) is 7.15. The molecule has 0 aliphatic carbocycles. The van der Waals surface area contributed by atoms with Crippen LogP contribution in [0.2, 0.25) is 0 Å². The summed E-state index contributed by atoms with van der Waals surface area (Å²) in [5, 5.41) is -0.990. The molecule has 4 nitrogen and oxygen atoms in total. The first-order valence-electron chi connectivity index (χ1n) is 8.31. The van der Waals surface area contributed by atoms with Gasteiger partial charge in [-0.25, -0.2) is 17.2 Å². The van der Waals surface area contributed by atoms with Crippen LogP contribution in [0.5, 0.6) is 0 Å². The Balaban J connectivity index is 1.85. The van der Waals surface area contributed by atoms with E-state index in [0.717, 1.165) is 6.07 Å². The molecule has 3 rings (SSSR count). The van der Waals surface area contributed by atoms with Crippen LogP contribution in [0.3, 0.4) is 0 Å². The maximum atomic E-state index is 14.1. The van der Waals surface area contributed by atoms with Crippen molar-refractivity contribution in [1.82, 2.24) is 4.90 Å². The van der Waals surface area contributed by atoms with Crippen LogP contribution in [0.1, 0.15) is 33.2 Å². The molecular weight excluding hydrogens is 360 g/mol. The number of halogens is 2. The topological polar surface area (TPSA) is 54.5 Å². The van der Waals surface area contributed by atoms with E-state index in [-0.39, 0.29) is 36.4 Å². The molecule has 0 spiro atoms. The zero-order valence-corrected chi connectivity index (χ0v) is 15.1. The Hall–Kier alpha value is -2.28. The molecule has 7 heteroatoms. The number of aryl methyl sites for hydroxylation is 1. The summed E-state index contributed by atoms with van der Waals surface area (Å²) in [5.41, 5.74) is 0.734. The van der Waals surface area contributed by atoms with Crippen LogP contribution in [-0.2, 0) is 9.84 Å². The van der Waals surface area contributed by atoms with Crippen LogP contribution in [0.4, 0.5) is 8.78 Å². The Labute approximate surface area is 151 Å². The Kier molecular flexibility index (Phi) is 5.09. The lowest BCUT2D eigenvalue weighted by atomic mass is 10.1. The van der Waals surface area contributed by atoms with Crippen molar-refractivity contribution in [3.8, 4) is 0 Å². The molecule has 1 heterocycles. The minimum Gasteiger partial charge on any atom is -0.338 e. The number of benzene rings is 2. The molecule has 0 saturated carbocycles. The largest absolute Gasteiger partial charge is 0.338 e. The van der Waals surface area contributed by atoms with Crippen molar-refractivity contribution >= 4 is 15.7 Å². The van der Waals surface area contributed by atoms with Crippen molar-refractivity contribution in [3.05, 3.63) is 70.8 Å². The number of carbonyl (C=O) groups excluding carboxylic acids is 1. The van der Waals surface area contributed by atoms with E-state index >= 15 is 0 Å². The molecule has 0 N–H and O–H groups in total. The molecule has 1 aliphatic heterocycles. The van der Waals surface area contributed by atoms with Gasteiger partial charge in [-0.05, 0) is 37.1 Å². The maximum absolute atomic E-state index is 14.1. The summed E-state index contributed by atoms with van der Waals surface area (Å²) >= 11 is 0. The van der Waals surface area contributed by atoms with Gasteiger partial charge in [0.25, 0.3) is 5.91 Å². The number of hydrogen-bond acceptors (Lipinski definition) is 3. The highest BCUT2D eigenvalue weighted by Gasteiger charge is 2.34. The average molecular weight is 379 g/mol. The molecular formula is C19H19F2NO3S. The molecule has 0 aromatic heterocycles. The first-order chi connectivity index (χ1) is 12.3. The van der Waals surface area contributed by atoms with Gasteiger partial charge >= 0.3 is 0 Å². The third-order valence-corrected chi connectivity index (χ3v) is 6.81. The Morgan fingerprint density at radius 3 is 2.50 bits per heavy atom. The Morgan fingerprint density at radius 2 is 1.81 bits per heavy atom. The van der Waals surface area contributed by atoms with Gasteiger partial charge in [-0.1, -0.05) is 24.3 Å². The number of amides is 1. The molecule has 1 saturated heterocycles. The van der Waals surface area contributed by atoms with Crippen LogP contribution in [0.25, 0.3) is 0 Å². The van der Waals surface area contributed by atoms with Crippen molar-refractivity contribution in [2.45, 2.75) is 18.6 Å². The number of sulfone groups is 1. The Bertz CT molecular complexity index is 944. The highest BCUT2D eigenvalue weighted by Crippen LogP contribution is 2.31. The van der Waals surface area contributed by atoms with Crippen molar-refractivity contribution in [1.29, 1.82) is 0 Å². The molecule has 1 amide bonds. The van der Waals surface area contributed by atoms with Gasteiger partial charge in [-0.2, -0.15) is 0 Å². The molecule has 138 valence electrons. The van der Waals surface area contributed by atoms with Gasteiger partial charge in [0, 0.05) is 24.2 Å². The fraction of sp³-hybridized carbons (Fsp3) is 0.316. The van der Waals surface area contributed by atoms with Gasteiger partial charge in [0.1, 0.15) is 11.6 Å². The van der Waals surface area contributed by atoms with Crippen LogP contribution in [-0.4, -0.2) is 38.1 Å². The number of rotatable bonds is 2. The third-order valence-electron chi connectivity index (χ3n) is 4.70. The van der Waals surface area contributed by atoms with E-state index in [9.17, 15) is 22.0 Å². The molecule has 1 aliphatic rings. The van der Waals surface area contributed by atoms with E-state index in [0.29, 0.717) is 5.56 Å². The van der Waals surface area contributed by atoms with Crippen molar-refractivity contribution in [2.24, 2.45) is 0 Å². The van der Waals surface area contributed by atoms with Crippen molar-refractivity contribution in [3.63, 3.8) is 0 Å². The summed E-state index contributed by atoms with van der Waals surface area (Å²) in [6.45, 7) is 1.76. The Morgan fingerprint density at radius 1 is 1.08 bits per heavy atom. The molecule has 26 heavy (non-hydrogen) atoms. The second-order valence-electron chi connectivity index (χ2n) is 6.42. The lowest BCUT2D eigenvalue weighted by Gasteiger charge is -2.20. The molecule has 2 aromatic rings. The van der Waals surface area contributed by atoms with Gasteiger partial charge in [0.05, 0.1) is 11.0 Å². The van der Waals surface area contributed by atoms with E-state index in [1.54, 1.807) is 13.0 Å². The first kappa shape index (κ1) is 18.5. The van der Waals surface area contributed by atoms with E-state index in [4.69, 9.17) is 0 Å². The highest BCUT2D eigenvalue weighted by molar-refractivity contribution is 7.91. The minimum atomic E-state index is -3.61. The first-order valence-corrected chi connectivity index (χ1v) is 10.0. The zero-order chi connectivity index (χ0) is 18.9. The summed E-state index contributed by atoms with van der Waals surface area (Å²) < 4.78 is 53.0. The number of hydrogen-bond donors (Lipinski definition) is 0. The standard InChI is InChI=1S/C19H19F2NO3S/c1-13-6-7-14(12-17(13)21)19(23)22-9-8-18(26(24,25)11-10-22)15-4-2-3-5-16(15)20/h2-7,12,18H,8-11H2,1H3. The van der Waals surface area contributed by atoms with Crippen LogP contribution >= 0.6 is 0 Å². The predicted molar refractivity (Wildman–Crippen MR) is 94.6 cm³/mol. The number of carbonyl (C=O) groups is 1. The molecule has 0 radical (unpaired) electrons. The monoisotopic (exact) mass is 379 g/mol. The van der Waals surface area contributed by atoms with Gasteiger partial charge in [-0.15, -0.1) is 0 Å². The SMILES string of the molecule is Cc1ccc(C(=O)N2CCC(c3ccccc3F)S(=O)(=O)CC2)cc1F. The maximum Gasteiger partial charge on any atom is 0.253 e. The van der Waals surface area contributed by atoms with Crippen LogP contribution < -0.4 is 0 Å². The van der Waals surface area contributed by atoms with Gasteiger partial charge in [0.2, 0.25) is 0 Å². The van der Waals surface area contributed by atoms with E-state index in [1.165, 1.54) is 35.2 Å². The zero-order valence-electron chi connectivity index (χ0n) is 14.3. The summed E-state index contributed by atoms with van der Waals surface area (Å²) in [7, 11) is -3.61. The summed E-state index contributed by atoms with van der Waals surface area (Å²) in [6, 6.07) is 9.98. The molecule has 1 atom stereocenters. The van der Waals surface area contributed by atoms with E-state index in [1.807, 2.05) is 0 Å². The van der Waals surface area contributed by atoms with Crippen LogP contribution in [0.15, 0.2) is 42.5 Å². The summed E-state index contributed by atoms with van der Waals surface area (Å²) in [6.07, 6.45) is 0.101. The third kappa shape index (κ3) is 3.62. The molecule has 1 fully saturated rings. The summed E-state index contributed by atoms with van der Waals surface area (Å²) in [4.78, 5) is 14.0. The van der Waals surface area contributed by atoms with E-state index < -0.39 is 32.6 Å². The highest BCUT2D eigenvalue weighted by atomic mass is 32.2. The lowest BCUT2D eigenvalue weighted by Crippen LogP contribution is -2.33. The minimum absolute atomic E-state index is 0.00160. The van der Waals surface area contributed by atoms with Crippen LogP contribution in [0, 0.1) is 18.6 Å². The average Bonchev–Trinajstić information content (AvgIpc) is 2.75. The molecule has 2 aromatic carbocycles. The van der Waals surface area contributed by atoms with Gasteiger partial charge in [0.15, 0.2) is 9.84 Å². The molecule has 1 unspecified atom stereocenters. The molecule has 0 bridgehead atoms. The smallest absolute Gasteiger partial charge is 0.253 e. The predicted octanol–water partition coefficient (Wildman–Crippen LogP) is 3.28. The number of nitrogens with zero attached hydrogens (tertiary/aromatic N) is 1. The van der Waals surface area contributed by atoms with Crippen molar-refractivity contribution < 1.29 is 22.0 Å². The van der Waals surface area contributed by atoms with E-state index in [2.05, 4.69) is 0 Å². The fourth-order valence-electron chi connectivity index (χ4n) is 3.14. The van der Waals surface area contributed by atoms with Gasteiger partial charge in [-0.3, -0.25) is 4.79 Å². The van der Waals surface area contributed by atoms with Crippen molar-refractivity contribution in [2.75, 3.05) is 18.8 Å². The normalized spacial score (nSPS) is 19.8. The van der Waals surface area contributed by atoms with Gasteiger partial charge < -0.3 is 4.90 Å².